The van der Waals surface area contributed by atoms with E-state index in [1.54, 1.807) is 66.7 Å². The lowest BCUT2D eigenvalue weighted by molar-refractivity contribution is -0.116. The second-order valence-electron chi connectivity index (χ2n) is 10.8. The summed E-state index contributed by atoms with van der Waals surface area (Å²) in [5.74, 6) is -1.23. The summed E-state index contributed by atoms with van der Waals surface area (Å²) in [5, 5.41) is 8.71. The van der Waals surface area contributed by atoms with Gasteiger partial charge in [0, 0.05) is 37.4 Å². The van der Waals surface area contributed by atoms with Crippen molar-refractivity contribution in [2.24, 2.45) is 0 Å². The highest BCUT2D eigenvalue weighted by atomic mass is 35.5. The van der Waals surface area contributed by atoms with E-state index in [2.05, 4.69) is 22.0 Å². The summed E-state index contributed by atoms with van der Waals surface area (Å²) in [6.07, 6.45) is 1.45. The van der Waals surface area contributed by atoms with Crippen molar-refractivity contribution in [1.82, 2.24) is 5.32 Å². The van der Waals surface area contributed by atoms with Crippen molar-refractivity contribution in [2.75, 3.05) is 10.6 Å². The average Bonchev–Trinajstić information content (AvgIpc) is 3.05. The first-order valence-electron chi connectivity index (χ1n) is 14.7. The first-order chi connectivity index (χ1) is 22.7. The molecule has 3 N–H and O–H groups in total. The highest BCUT2D eigenvalue weighted by molar-refractivity contribution is 8.00. The average molecular weight is 681 g/mol. The van der Waals surface area contributed by atoms with Gasteiger partial charge in [-0.3, -0.25) is 14.4 Å². The van der Waals surface area contributed by atoms with Gasteiger partial charge in [0.25, 0.3) is 11.8 Å². The molecule has 3 amide bonds. The Hall–Kier alpha value is -4.82. The summed E-state index contributed by atoms with van der Waals surface area (Å²) in [6, 6.07) is 36.2. The minimum atomic E-state index is -0.584. The zero-order chi connectivity index (χ0) is 33.3. The molecular formula is C38H31Cl2N3O3S. The number of thioether (sulfide) groups is 1. The molecule has 9 heteroatoms. The third-order valence-electron chi connectivity index (χ3n) is 6.99. The van der Waals surface area contributed by atoms with E-state index >= 15 is 0 Å². The molecule has 47 heavy (non-hydrogen) atoms. The summed E-state index contributed by atoms with van der Waals surface area (Å²) in [5.41, 5.74) is 4.84. The zero-order valence-corrected chi connectivity index (χ0v) is 27.9. The van der Waals surface area contributed by atoms with E-state index in [-0.39, 0.29) is 11.6 Å². The molecule has 0 aliphatic carbocycles. The van der Waals surface area contributed by atoms with Gasteiger partial charge in [-0.25, -0.2) is 0 Å². The summed E-state index contributed by atoms with van der Waals surface area (Å²) >= 11 is 14.1. The molecule has 0 bridgehead atoms. The van der Waals surface area contributed by atoms with E-state index in [0.29, 0.717) is 26.9 Å². The highest BCUT2D eigenvalue weighted by Crippen LogP contribution is 2.37. The molecule has 0 radical (unpaired) electrons. The number of hydrogen-bond donors (Lipinski definition) is 3. The van der Waals surface area contributed by atoms with Gasteiger partial charge in [-0.05, 0) is 91.2 Å². The van der Waals surface area contributed by atoms with Gasteiger partial charge in [0.05, 0.1) is 0 Å². The topological polar surface area (TPSA) is 87.3 Å². The lowest BCUT2D eigenvalue weighted by Crippen LogP contribution is -2.30. The number of benzene rings is 5. The van der Waals surface area contributed by atoms with Gasteiger partial charge in [-0.15, -0.1) is 11.8 Å². The number of halogens is 2. The Morgan fingerprint density at radius 2 is 1.30 bits per heavy atom. The summed E-state index contributed by atoms with van der Waals surface area (Å²) in [6.45, 7) is 3.98. The molecule has 0 aliphatic heterocycles. The van der Waals surface area contributed by atoms with E-state index in [1.807, 2.05) is 62.4 Å². The van der Waals surface area contributed by atoms with Gasteiger partial charge in [0.1, 0.15) is 10.9 Å². The highest BCUT2D eigenvalue weighted by Gasteiger charge is 2.23. The summed E-state index contributed by atoms with van der Waals surface area (Å²) in [7, 11) is 0. The zero-order valence-electron chi connectivity index (χ0n) is 25.6. The Kier molecular flexibility index (Phi) is 11.2. The predicted octanol–water partition coefficient (Wildman–Crippen LogP) is 9.49. The van der Waals surface area contributed by atoms with Crippen molar-refractivity contribution in [2.45, 2.75) is 24.0 Å². The van der Waals surface area contributed by atoms with Crippen LogP contribution in [-0.2, 0) is 9.59 Å². The third kappa shape index (κ3) is 9.14. The first kappa shape index (κ1) is 33.5. The van der Waals surface area contributed by atoms with Crippen LogP contribution in [0, 0.1) is 13.8 Å². The van der Waals surface area contributed by atoms with E-state index in [0.717, 1.165) is 27.3 Å². The van der Waals surface area contributed by atoms with E-state index in [9.17, 15) is 14.4 Å². The number of nitrogens with one attached hydrogen (secondary N) is 3. The van der Waals surface area contributed by atoms with Gasteiger partial charge in [0.15, 0.2) is 0 Å². The molecule has 6 nitrogen and oxygen atoms in total. The van der Waals surface area contributed by atoms with Crippen molar-refractivity contribution in [3.05, 3.63) is 165 Å². The summed E-state index contributed by atoms with van der Waals surface area (Å²) < 4.78 is 0. The number of carbonyl (C=O) groups is 3. The fraction of sp³-hybridized carbons (Fsp3) is 0.0789. The Labute approximate surface area is 288 Å². The monoisotopic (exact) mass is 679 g/mol. The van der Waals surface area contributed by atoms with Crippen LogP contribution in [-0.4, -0.2) is 17.7 Å². The largest absolute Gasteiger partial charge is 0.325 e. The van der Waals surface area contributed by atoms with Crippen molar-refractivity contribution < 1.29 is 14.4 Å². The molecule has 0 spiro atoms. The number of carbonyl (C=O) groups excluding carboxylic acids is 3. The predicted molar refractivity (Wildman–Crippen MR) is 193 cm³/mol. The van der Waals surface area contributed by atoms with Crippen molar-refractivity contribution in [3.63, 3.8) is 0 Å². The normalized spacial score (nSPS) is 11.8. The fourth-order valence-electron chi connectivity index (χ4n) is 4.87. The molecule has 0 aliphatic rings. The van der Waals surface area contributed by atoms with Crippen molar-refractivity contribution in [3.8, 4) is 0 Å². The molecule has 5 aromatic carbocycles. The van der Waals surface area contributed by atoms with Crippen LogP contribution in [0.3, 0.4) is 0 Å². The molecule has 0 fully saturated rings. The Balaban J connectivity index is 1.40. The van der Waals surface area contributed by atoms with E-state index in [4.69, 9.17) is 23.2 Å². The molecule has 0 saturated heterocycles. The molecule has 1 unspecified atom stereocenters. The van der Waals surface area contributed by atoms with E-state index < -0.39 is 17.1 Å². The standard InChI is InChI=1S/C38H31Cl2N3O3S/c1-24-19-25(2)21-29(20-24)42-38(46)35(26-11-5-3-6-12-26)47-30-16-9-15-28(22-30)41-37(45)34(23-31-32(39)17-10-18-33(31)40)43-36(44)27-13-7-4-8-14-27/h3-23,35H,1-2H3,(H,41,45)(H,42,46)(H,43,44)/b34-23+. The quantitative estimate of drug-likeness (QED) is 0.101. The molecule has 0 saturated carbocycles. The Morgan fingerprint density at radius 1 is 0.681 bits per heavy atom. The first-order valence-corrected chi connectivity index (χ1v) is 16.3. The fourth-order valence-corrected chi connectivity index (χ4v) is 6.46. The lowest BCUT2D eigenvalue weighted by Gasteiger charge is -2.18. The number of rotatable bonds is 10. The molecule has 1 atom stereocenters. The van der Waals surface area contributed by atoms with Gasteiger partial charge in [0.2, 0.25) is 5.91 Å². The molecule has 5 rings (SSSR count). The van der Waals surface area contributed by atoms with Crippen LogP contribution in [0.2, 0.25) is 10.0 Å². The smallest absolute Gasteiger partial charge is 0.272 e. The van der Waals surface area contributed by atoms with Gasteiger partial charge >= 0.3 is 0 Å². The molecule has 236 valence electrons. The maximum Gasteiger partial charge on any atom is 0.272 e. The van der Waals surface area contributed by atoms with Crippen LogP contribution in [0.5, 0.6) is 0 Å². The summed E-state index contributed by atoms with van der Waals surface area (Å²) in [4.78, 5) is 41.2. The van der Waals surface area contributed by atoms with Crippen LogP contribution >= 0.6 is 35.0 Å². The minimum absolute atomic E-state index is 0.0538. The van der Waals surface area contributed by atoms with Crippen LogP contribution in [0.1, 0.15) is 37.9 Å². The number of aryl methyl sites for hydroxylation is 2. The van der Waals surface area contributed by atoms with Crippen molar-refractivity contribution in [1.29, 1.82) is 0 Å². The molecular weight excluding hydrogens is 649 g/mol. The van der Waals surface area contributed by atoms with Crippen LogP contribution in [0.4, 0.5) is 11.4 Å². The van der Waals surface area contributed by atoms with Crippen molar-refractivity contribution >= 4 is 70.1 Å². The second kappa shape index (κ2) is 15.6. The third-order valence-corrected chi connectivity index (χ3v) is 8.90. The minimum Gasteiger partial charge on any atom is -0.325 e. The number of amides is 3. The van der Waals surface area contributed by atoms with Crippen LogP contribution in [0.15, 0.2) is 132 Å². The maximum absolute atomic E-state index is 13.7. The molecule has 0 heterocycles. The SMILES string of the molecule is Cc1cc(C)cc(NC(=O)C(Sc2cccc(NC(=O)/C(=C\c3c(Cl)cccc3Cl)NC(=O)c3ccccc3)c2)c2ccccc2)c1. The Morgan fingerprint density at radius 3 is 1.96 bits per heavy atom. The lowest BCUT2D eigenvalue weighted by atomic mass is 10.1. The van der Waals surface area contributed by atoms with Crippen LogP contribution in [0.25, 0.3) is 6.08 Å². The molecule has 5 aromatic rings. The number of hydrogen-bond acceptors (Lipinski definition) is 4. The molecule has 0 aromatic heterocycles. The second-order valence-corrected chi connectivity index (χ2v) is 12.8. The van der Waals surface area contributed by atoms with E-state index in [1.165, 1.54) is 17.8 Å². The van der Waals surface area contributed by atoms with Crippen LogP contribution < -0.4 is 16.0 Å². The Bertz CT molecular complexity index is 1910. The van der Waals surface area contributed by atoms with Gasteiger partial charge in [-0.1, -0.05) is 89.9 Å². The van der Waals surface area contributed by atoms with Gasteiger partial charge < -0.3 is 16.0 Å². The van der Waals surface area contributed by atoms with Gasteiger partial charge in [-0.2, -0.15) is 0 Å². The number of anilines is 2. The maximum atomic E-state index is 13.7.